The third-order valence-corrected chi connectivity index (χ3v) is 6.35. The van der Waals surface area contributed by atoms with Gasteiger partial charge in [-0.2, -0.15) is 0 Å². The Balaban J connectivity index is 1.56. The molecule has 17 heteroatoms. The highest BCUT2D eigenvalue weighted by molar-refractivity contribution is 5.96. The highest BCUT2D eigenvalue weighted by Gasteiger charge is 2.36. The van der Waals surface area contributed by atoms with Crippen LogP contribution in [0.1, 0.15) is 37.5 Å². The number of ether oxygens (including phenoxy) is 3. The molecule has 0 aromatic heterocycles. The number of aliphatic hydroxyl groups is 2. The maximum absolute atomic E-state index is 12.9. The molecule has 0 amide bonds. The fourth-order valence-electron chi connectivity index (χ4n) is 4.02. The van der Waals surface area contributed by atoms with Crippen LogP contribution < -0.4 is 9.47 Å². The predicted molar refractivity (Wildman–Crippen MR) is 142 cm³/mol. The summed E-state index contributed by atoms with van der Waals surface area (Å²) in [5.74, 6) is -14.0. The number of carbonyl (C=O) groups excluding carboxylic acids is 3. The van der Waals surface area contributed by atoms with E-state index in [0.29, 0.717) is 30.3 Å². The van der Waals surface area contributed by atoms with Gasteiger partial charge in [-0.15, -0.1) is 0 Å². The lowest BCUT2D eigenvalue weighted by Gasteiger charge is -2.29. The summed E-state index contributed by atoms with van der Waals surface area (Å²) in [6, 6.07) is 4.19. The van der Waals surface area contributed by atoms with Crippen LogP contribution in [0, 0.1) is 0 Å². The van der Waals surface area contributed by atoms with E-state index in [9.17, 15) is 70.2 Å². The molecule has 3 aromatic rings. The third kappa shape index (κ3) is 6.58. The number of hydrogen-bond acceptors (Lipinski definition) is 16. The van der Waals surface area contributed by atoms with Crippen molar-refractivity contribution in [3.63, 3.8) is 0 Å². The van der Waals surface area contributed by atoms with Gasteiger partial charge >= 0.3 is 23.9 Å². The summed E-state index contributed by atoms with van der Waals surface area (Å²) >= 11 is 0. The van der Waals surface area contributed by atoms with E-state index >= 15 is 0 Å². The minimum Gasteiger partial charge on any atom is -0.504 e. The molecule has 10 N–H and O–H groups in total. The van der Waals surface area contributed by atoms with Gasteiger partial charge in [-0.25, -0.2) is 19.2 Å². The molecule has 4 rings (SSSR count). The number of rotatable bonds is 7. The number of aliphatic hydroxyl groups excluding tert-OH is 2. The monoisotopic (exact) mass is 630 g/mol. The van der Waals surface area contributed by atoms with Crippen LogP contribution in [0.3, 0.4) is 0 Å². The van der Waals surface area contributed by atoms with Crippen molar-refractivity contribution in [3.8, 4) is 51.7 Å². The van der Waals surface area contributed by atoms with Crippen LogP contribution in [0.2, 0.25) is 0 Å². The molecule has 236 valence electrons. The number of carbonyl (C=O) groups is 4. The fraction of sp³-hybridized carbons (Fsp3) is 0.143. The second kappa shape index (κ2) is 12.2. The van der Waals surface area contributed by atoms with E-state index < -0.39 is 117 Å². The first-order valence-corrected chi connectivity index (χ1v) is 12.4. The van der Waals surface area contributed by atoms with Gasteiger partial charge < -0.3 is 65.3 Å². The Labute approximate surface area is 249 Å². The van der Waals surface area contributed by atoms with Crippen molar-refractivity contribution in [1.82, 2.24) is 0 Å². The van der Waals surface area contributed by atoms with Crippen LogP contribution in [0.4, 0.5) is 0 Å². The number of phenolic OH excluding ortho intramolecular Hbond substituents is 7. The van der Waals surface area contributed by atoms with Gasteiger partial charge in [0.1, 0.15) is 18.3 Å². The van der Waals surface area contributed by atoms with Crippen molar-refractivity contribution in [1.29, 1.82) is 0 Å². The average Bonchev–Trinajstić information content (AvgIpc) is 2.97. The van der Waals surface area contributed by atoms with Crippen molar-refractivity contribution < 1.29 is 84.5 Å². The van der Waals surface area contributed by atoms with E-state index in [4.69, 9.17) is 14.2 Å². The minimum atomic E-state index is -1.71. The number of esters is 3. The van der Waals surface area contributed by atoms with E-state index in [1.807, 2.05) is 0 Å². The average molecular weight is 630 g/mol. The topological polar surface area (TPSA) is 298 Å². The highest BCUT2D eigenvalue weighted by Crippen LogP contribution is 2.41. The summed E-state index contributed by atoms with van der Waals surface area (Å²) in [4.78, 5) is 49.4. The van der Waals surface area contributed by atoms with E-state index in [1.54, 1.807) is 0 Å². The predicted octanol–water partition coefficient (Wildman–Crippen LogP) is 0.726. The van der Waals surface area contributed by atoms with Crippen molar-refractivity contribution in [2.24, 2.45) is 0 Å². The molecular formula is C28H22O17. The van der Waals surface area contributed by atoms with Gasteiger partial charge in [0.05, 0.1) is 16.7 Å². The molecule has 0 saturated heterocycles. The van der Waals surface area contributed by atoms with Crippen LogP contribution in [-0.4, -0.2) is 93.3 Å². The molecule has 0 spiro atoms. The molecule has 0 fully saturated rings. The molecule has 0 bridgehead atoms. The van der Waals surface area contributed by atoms with Crippen LogP contribution in [0.25, 0.3) is 0 Å². The first kappa shape index (κ1) is 31.7. The first-order valence-electron chi connectivity index (χ1n) is 12.4. The Kier molecular flexibility index (Phi) is 8.60. The minimum absolute atomic E-state index is 0.352. The highest BCUT2D eigenvalue weighted by atomic mass is 16.6. The first-order chi connectivity index (χ1) is 21.1. The lowest BCUT2D eigenvalue weighted by atomic mass is 9.92. The molecule has 0 heterocycles. The molecule has 3 atom stereocenters. The van der Waals surface area contributed by atoms with E-state index in [1.165, 1.54) is 0 Å². The number of aliphatic carboxylic acids is 1. The van der Waals surface area contributed by atoms with Crippen LogP contribution >= 0.6 is 0 Å². The van der Waals surface area contributed by atoms with Gasteiger partial charge in [-0.3, -0.25) is 0 Å². The molecule has 17 nitrogen and oxygen atoms in total. The van der Waals surface area contributed by atoms with Crippen LogP contribution in [0.5, 0.6) is 51.7 Å². The third-order valence-electron chi connectivity index (χ3n) is 6.35. The van der Waals surface area contributed by atoms with Gasteiger partial charge in [0.15, 0.2) is 40.2 Å². The van der Waals surface area contributed by atoms with Crippen molar-refractivity contribution in [3.05, 3.63) is 64.7 Å². The van der Waals surface area contributed by atoms with Crippen molar-refractivity contribution >= 4 is 23.9 Å². The summed E-state index contributed by atoms with van der Waals surface area (Å²) in [6.07, 6.45) is -4.55. The van der Waals surface area contributed by atoms with Crippen molar-refractivity contribution in [2.45, 2.75) is 24.7 Å². The van der Waals surface area contributed by atoms with E-state index in [-0.39, 0.29) is 5.57 Å². The summed E-state index contributed by atoms with van der Waals surface area (Å²) in [5, 5.41) is 98.3. The van der Waals surface area contributed by atoms with Crippen LogP contribution in [-0.2, 0) is 9.53 Å². The maximum Gasteiger partial charge on any atom is 0.343 e. The van der Waals surface area contributed by atoms with Gasteiger partial charge in [-0.05, 0) is 42.5 Å². The Morgan fingerprint density at radius 1 is 0.600 bits per heavy atom. The zero-order valence-corrected chi connectivity index (χ0v) is 22.3. The SMILES string of the molecule is O=C(O)C1=CC(O)C(O)C(OC(=O)c2cc(O)c(O)c(OC(=O)c3cc(O)c(O)c(OC(=O)c4cc(O)c(O)c(O)c4)c3)c2)C1. The molecule has 0 saturated carbocycles. The van der Waals surface area contributed by atoms with Gasteiger partial charge in [0, 0.05) is 12.0 Å². The second-order valence-electron chi connectivity index (χ2n) is 9.45. The maximum atomic E-state index is 12.9. The van der Waals surface area contributed by atoms with Crippen LogP contribution in [0.15, 0.2) is 48.0 Å². The zero-order valence-electron chi connectivity index (χ0n) is 22.3. The van der Waals surface area contributed by atoms with Gasteiger partial charge in [-0.1, -0.05) is 0 Å². The number of aromatic hydroxyl groups is 7. The lowest BCUT2D eigenvalue weighted by Crippen LogP contribution is -2.43. The standard InChI is InChI=1S/C28H22O17/c29-13-2-10(3-14(30)21(13)34)26(40)44-19-7-12(5-16(32)23(19)36)28(42)45-20-8-11(4-17(33)24(20)37)27(41)43-18-6-9(25(38)39)1-15(31)22(18)35/h1-5,7-8,15,18,22,29-37H,6H2,(H,38,39). The number of carboxylic acids is 1. The Morgan fingerprint density at radius 2 is 1.00 bits per heavy atom. The molecular weight excluding hydrogens is 608 g/mol. The molecule has 0 radical (unpaired) electrons. The zero-order chi connectivity index (χ0) is 33.3. The Morgan fingerprint density at radius 3 is 1.44 bits per heavy atom. The summed E-state index contributed by atoms with van der Waals surface area (Å²) in [5.41, 5.74) is -2.06. The van der Waals surface area contributed by atoms with Crippen molar-refractivity contribution in [2.75, 3.05) is 0 Å². The van der Waals surface area contributed by atoms with E-state index in [2.05, 4.69) is 0 Å². The fourth-order valence-corrected chi connectivity index (χ4v) is 4.02. The number of benzene rings is 3. The molecule has 3 unspecified atom stereocenters. The number of carboxylic acid groups (broad SMARTS) is 1. The summed E-state index contributed by atoms with van der Waals surface area (Å²) in [7, 11) is 0. The molecule has 1 aliphatic rings. The largest absolute Gasteiger partial charge is 0.504 e. The summed E-state index contributed by atoms with van der Waals surface area (Å²) < 4.78 is 15.0. The van der Waals surface area contributed by atoms with Gasteiger partial charge in [0.2, 0.25) is 11.5 Å². The second-order valence-corrected chi connectivity index (χ2v) is 9.45. The molecule has 1 aliphatic carbocycles. The molecule has 45 heavy (non-hydrogen) atoms. The molecule has 3 aromatic carbocycles. The molecule has 0 aliphatic heterocycles. The Bertz CT molecular complexity index is 1740. The lowest BCUT2D eigenvalue weighted by molar-refractivity contribution is -0.134. The van der Waals surface area contributed by atoms with Gasteiger partial charge in [0.25, 0.3) is 0 Å². The Hall–Kier alpha value is -6.20. The smallest absolute Gasteiger partial charge is 0.343 e. The summed E-state index contributed by atoms with van der Waals surface area (Å²) in [6.45, 7) is 0. The van der Waals surface area contributed by atoms with E-state index in [0.717, 1.165) is 12.1 Å². The quantitative estimate of drug-likeness (QED) is 0.0977. The normalized spacial score (nSPS) is 17.6. The number of phenols is 7. The number of hydrogen-bond donors (Lipinski definition) is 10.